The lowest BCUT2D eigenvalue weighted by molar-refractivity contribution is 0.213. The van der Waals surface area contributed by atoms with Crippen LogP contribution < -0.4 is 5.32 Å². The molecule has 3 atom stereocenters. The highest BCUT2D eigenvalue weighted by Crippen LogP contribution is 2.30. The van der Waals surface area contributed by atoms with Gasteiger partial charge in [-0.25, -0.2) is 0 Å². The summed E-state index contributed by atoms with van der Waals surface area (Å²) in [5.41, 5.74) is 0. The third-order valence-corrected chi connectivity index (χ3v) is 4.47. The Bertz CT molecular complexity index is 193. The quantitative estimate of drug-likeness (QED) is 0.717. The molecule has 1 fully saturated rings. The molecule has 1 saturated carbocycles. The molecule has 1 aliphatic rings. The molecule has 2 nitrogen and oxygen atoms in total. The van der Waals surface area contributed by atoms with Crippen LogP contribution in [0.3, 0.4) is 0 Å². The predicted octanol–water partition coefficient (Wildman–Crippen LogP) is 3.20. The maximum atomic E-state index is 8.99. The van der Waals surface area contributed by atoms with Crippen molar-refractivity contribution in [3.63, 3.8) is 0 Å². The van der Waals surface area contributed by atoms with Crippen LogP contribution in [0.1, 0.15) is 59.3 Å². The van der Waals surface area contributed by atoms with Gasteiger partial charge in [0.1, 0.15) is 0 Å². The Kier molecular flexibility index (Phi) is 7.14. The third-order valence-electron chi connectivity index (χ3n) is 4.47. The summed E-state index contributed by atoms with van der Waals surface area (Å²) in [6, 6.07) is 0.726. The summed E-state index contributed by atoms with van der Waals surface area (Å²) in [6.07, 6.45) is 7.63. The molecule has 0 aromatic carbocycles. The monoisotopic (exact) mass is 241 g/mol. The van der Waals surface area contributed by atoms with Gasteiger partial charge in [-0.1, -0.05) is 40.0 Å². The number of rotatable bonds is 7. The Labute approximate surface area is 107 Å². The summed E-state index contributed by atoms with van der Waals surface area (Å²) < 4.78 is 0. The number of aliphatic hydroxyl groups excluding tert-OH is 1. The van der Waals surface area contributed by atoms with E-state index >= 15 is 0 Å². The summed E-state index contributed by atoms with van der Waals surface area (Å²) in [5, 5.41) is 12.7. The van der Waals surface area contributed by atoms with Crippen LogP contribution in [-0.4, -0.2) is 24.3 Å². The second-order valence-corrected chi connectivity index (χ2v) is 6.06. The Morgan fingerprint density at radius 2 is 2.06 bits per heavy atom. The Morgan fingerprint density at radius 3 is 2.65 bits per heavy atom. The van der Waals surface area contributed by atoms with Crippen molar-refractivity contribution in [1.29, 1.82) is 0 Å². The lowest BCUT2D eigenvalue weighted by atomic mass is 9.79. The molecule has 102 valence electrons. The largest absolute Gasteiger partial charge is 0.396 e. The molecule has 0 aromatic heterocycles. The van der Waals surface area contributed by atoms with Crippen molar-refractivity contribution < 1.29 is 5.11 Å². The maximum Gasteiger partial charge on any atom is 0.0434 e. The van der Waals surface area contributed by atoms with Gasteiger partial charge in [0.2, 0.25) is 0 Å². The molecule has 17 heavy (non-hydrogen) atoms. The first kappa shape index (κ1) is 15.0. The lowest BCUT2D eigenvalue weighted by Gasteiger charge is -2.33. The SMILES string of the molecule is CCC(CCO)CNC1CCCC(C(C)C)C1. The van der Waals surface area contributed by atoms with Gasteiger partial charge in [-0.2, -0.15) is 0 Å². The highest BCUT2D eigenvalue weighted by molar-refractivity contribution is 4.80. The van der Waals surface area contributed by atoms with Gasteiger partial charge in [0.15, 0.2) is 0 Å². The molecular weight excluding hydrogens is 210 g/mol. The van der Waals surface area contributed by atoms with Crippen molar-refractivity contribution in [1.82, 2.24) is 5.32 Å². The Balaban J connectivity index is 2.26. The maximum absolute atomic E-state index is 8.99. The second-order valence-electron chi connectivity index (χ2n) is 6.06. The van der Waals surface area contributed by atoms with E-state index < -0.39 is 0 Å². The first-order chi connectivity index (χ1) is 8.17. The van der Waals surface area contributed by atoms with E-state index in [1.807, 2.05) is 0 Å². The first-order valence-electron chi connectivity index (χ1n) is 7.51. The minimum absolute atomic E-state index is 0.333. The van der Waals surface area contributed by atoms with E-state index in [2.05, 4.69) is 26.1 Å². The van der Waals surface area contributed by atoms with Crippen LogP contribution in [0, 0.1) is 17.8 Å². The highest BCUT2D eigenvalue weighted by atomic mass is 16.3. The van der Waals surface area contributed by atoms with E-state index in [0.29, 0.717) is 12.5 Å². The van der Waals surface area contributed by atoms with Gasteiger partial charge in [-0.15, -0.1) is 0 Å². The van der Waals surface area contributed by atoms with Crippen LogP contribution in [-0.2, 0) is 0 Å². The summed E-state index contributed by atoms with van der Waals surface area (Å²) in [7, 11) is 0. The average molecular weight is 241 g/mol. The van der Waals surface area contributed by atoms with Gasteiger partial charge >= 0.3 is 0 Å². The van der Waals surface area contributed by atoms with Crippen LogP contribution in [0.25, 0.3) is 0 Å². The molecule has 0 heterocycles. The van der Waals surface area contributed by atoms with E-state index in [-0.39, 0.29) is 0 Å². The van der Waals surface area contributed by atoms with Gasteiger partial charge in [0.05, 0.1) is 0 Å². The van der Waals surface area contributed by atoms with Crippen molar-refractivity contribution in [3.8, 4) is 0 Å². The molecule has 1 rings (SSSR count). The normalized spacial score (nSPS) is 27.4. The van der Waals surface area contributed by atoms with E-state index in [1.165, 1.54) is 32.1 Å². The number of hydrogen-bond acceptors (Lipinski definition) is 2. The van der Waals surface area contributed by atoms with Crippen LogP contribution in [0.2, 0.25) is 0 Å². The summed E-state index contributed by atoms with van der Waals surface area (Å²) in [6.45, 7) is 8.35. The van der Waals surface area contributed by atoms with Crippen LogP contribution in [0.4, 0.5) is 0 Å². The molecule has 0 bridgehead atoms. The molecule has 0 amide bonds. The first-order valence-corrected chi connectivity index (χ1v) is 7.51. The van der Waals surface area contributed by atoms with E-state index in [1.54, 1.807) is 0 Å². The minimum atomic E-state index is 0.333. The lowest BCUT2D eigenvalue weighted by Crippen LogP contribution is -2.38. The zero-order chi connectivity index (χ0) is 12.7. The fraction of sp³-hybridized carbons (Fsp3) is 1.00. The van der Waals surface area contributed by atoms with Crippen molar-refractivity contribution in [2.24, 2.45) is 17.8 Å². The zero-order valence-electron chi connectivity index (χ0n) is 11.9. The van der Waals surface area contributed by atoms with Crippen molar-refractivity contribution in [2.45, 2.75) is 65.3 Å². The molecule has 2 heteroatoms. The number of hydrogen-bond donors (Lipinski definition) is 2. The summed E-state index contributed by atoms with van der Waals surface area (Å²) in [5.74, 6) is 2.40. The van der Waals surface area contributed by atoms with Gasteiger partial charge in [0, 0.05) is 12.6 Å². The van der Waals surface area contributed by atoms with E-state index in [4.69, 9.17) is 5.11 Å². The van der Waals surface area contributed by atoms with Crippen molar-refractivity contribution >= 4 is 0 Å². The Hall–Kier alpha value is -0.0800. The Morgan fingerprint density at radius 1 is 1.29 bits per heavy atom. The fourth-order valence-electron chi connectivity index (χ4n) is 2.98. The molecule has 0 aliphatic heterocycles. The molecular formula is C15H31NO. The molecule has 3 unspecified atom stereocenters. The van der Waals surface area contributed by atoms with Crippen LogP contribution in [0.5, 0.6) is 0 Å². The number of nitrogens with one attached hydrogen (secondary N) is 1. The predicted molar refractivity (Wildman–Crippen MR) is 74.1 cm³/mol. The third kappa shape index (κ3) is 5.39. The van der Waals surface area contributed by atoms with Gasteiger partial charge in [-0.05, 0) is 43.6 Å². The summed E-state index contributed by atoms with van der Waals surface area (Å²) in [4.78, 5) is 0. The van der Waals surface area contributed by atoms with E-state index in [9.17, 15) is 0 Å². The van der Waals surface area contributed by atoms with Gasteiger partial charge in [-0.3, -0.25) is 0 Å². The van der Waals surface area contributed by atoms with E-state index in [0.717, 1.165) is 30.8 Å². The topological polar surface area (TPSA) is 32.3 Å². The molecule has 0 spiro atoms. The molecule has 1 aliphatic carbocycles. The molecule has 2 N–H and O–H groups in total. The average Bonchev–Trinajstić information content (AvgIpc) is 2.34. The zero-order valence-corrected chi connectivity index (χ0v) is 11.9. The fourth-order valence-corrected chi connectivity index (χ4v) is 2.98. The molecule has 0 aromatic rings. The molecule has 0 radical (unpaired) electrons. The van der Waals surface area contributed by atoms with Crippen molar-refractivity contribution in [2.75, 3.05) is 13.2 Å². The van der Waals surface area contributed by atoms with Crippen molar-refractivity contribution in [3.05, 3.63) is 0 Å². The van der Waals surface area contributed by atoms with Gasteiger partial charge in [0.25, 0.3) is 0 Å². The van der Waals surface area contributed by atoms with Gasteiger partial charge < -0.3 is 10.4 Å². The second kappa shape index (κ2) is 8.10. The minimum Gasteiger partial charge on any atom is -0.396 e. The smallest absolute Gasteiger partial charge is 0.0434 e. The highest BCUT2D eigenvalue weighted by Gasteiger charge is 2.24. The standard InChI is InChI=1S/C15H31NO/c1-4-13(8-9-17)11-16-15-7-5-6-14(10-15)12(2)3/h12-17H,4-11H2,1-3H3. The van der Waals surface area contributed by atoms with Crippen LogP contribution >= 0.6 is 0 Å². The molecule has 0 saturated heterocycles. The van der Waals surface area contributed by atoms with Crippen LogP contribution in [0.15, 0.2) is 0 Å². The summed E-state index contributed by atoms with van der Waals surface area (Å²) >= 11 is 0. The number of aliphatic hydroxyl groups is 1.